The molecule has 2 aromatic carbocycles. The average Bonchev–Trinajstić information content (AvgIpc) is 2.71. The number of carbonyl (C=O) groups excluding carboxylic acids is 1. The van der Waals surface area contributed by atoms with Crippen LogP contribution in [0.4, 0.5) is 5.69 Å². The average molecular weight is 359 g/mol. The van der Waals surface area contributed by atoms with Crippen LogP contribution in [0.3, 0.4) is 0 Å². The molecule has 3 rings (SSSR count). The first kappa shape index (κ1) is 18.0. The zero-order valence-corrected chi connectivity index (χ0v) is 14.9. The Bertz CT molecular complexity index is 1060. The van der Waals surface area contributed by atoms with Crippen LogP contribution < -0.4 is 14.8 Å². The first-order valence-electron chi connectivity index (χ1n) is 8.16. The van der Waals surface area contributed by atoms with Gasteiger partial charge in [-0.25, -0.2) is 0 Å². The lowest BCUT2D eigenvalue weighted by Crippen LogP contribution is -2.13. The second-order valence-electron chi connectivity index (χ2n) is 5.58. The van der Waals surface area contributed by atoms with Crippen LogP contribution in [-0.2, 0) is 4.79 Å². The van der Waals surface area contributed by atoms with Crippen LogP contribution in [0.5, 0.6) is 11.5 Å². The predicted octanol–water partition coefficient (Wildman–Crippen LogP) is 3.80. The van der Waals surface area contributed by atoms with Gasteiger partial charge in [0.15, 0.2) is 11.5 Å². The van der Waals surface area contributed by atoms with Crippen molar-refractivity contribution in [2.45, 2.75) is 0 Å². The maximum Gasteiger partial charge on any atom is 0.266 e. The summed E-state index contributed by atoms with van der Waals surface area (Å²) < 4.78 is 10.6. The van der Waals surface area contributed by atoms with Crippen molar-refractivity contribution in [1.82, 2.24) is 4.98 Å². The van der Waals surface area contributed by atoms with Gasteiger partial charge in [-0.05, 0) is 36.4 Å². The van der Waals surface area contributed by atoms with Crippen molar-refractivity contribution in [3.05, 3.63) is 65.9 Å². The molecule has 0 saturated heterocycles. The number of benzene rings is 2. The molecule has 1 N–H and O–H groups in total. The van der Waals surface area contributed by atoms with Gasteiger partial charge in [-0.1, -0.05) is 18.2 Å². The number of amides is 1. The van der Waals surface area contributed by atoms with E-state index in [9.17, 15) is 10.1 Å². The van der Waals surface area contributed by atoms with Gasteiger partial charge in [0.2, 0.25) is 0 Å². The molecular formula is C21H17N3O3. The Morgan fingerprint density at radius 3 is 2.67 bits per heavy atom. The lowest BCUT2D eigenvalue weighted by molar-refractivity contribution is -0.112. The second kappa shape index (κ2) is 8.02. The quantitative estimate of drug-likeness (QED) is 0.553. The summed E-state index contributed by atoms with van der Waals surface area (Å²) in [6.45, 7) is 0. The van der Waals surface area contributed by atoms with Crippen molar-refractivity contribution in [2.24, 2.45) is 0 Å². The second-order valence-corrected chi connectivity index (χ2v) is 5.58. The van der Waals surface area contributed by atoms with Gasteiger partial charge in [-0.2, -0.15) is 5.26 Å². The Morgan fingerprint density at radius 2 is 1.93 bits per heavy atom. The number of nitrogens with zero attached hydrogens (tertiary/aromatic N) is 2. The number of fused-ring (bicyclic) bond motifs is 1. The van der Waals surface area contributed by atoms with Gasteiger partial charge >= 0.3 is 0 Å². The smallest absolute Gasteiger partial charge is 0.266 e. The predicted molar refractivity (Wildman–Crippen MR) is 104 cm³/mol. The number of hydrogen-bond acceptors (Lipinski definition) is 5. The van der Waals surface area contributed by atoms with E-state index in [1.807, 2.05) is 18.2 Å². The molecule has 0 radical (unpaired) electrons. The van der Waals surface area contributed by atoms with Crippen LogP contribution in [0.1, 0.15) is 5.56 Å². The highest BCUT2D eigenvalue weighted by molar-refractivity contribution is 6.12. The van der Waals surface area contributed by atoms with Gasteiger partial charge in [0.1, 0.15) is 11.6 Å². The molecule has 1 heterocycles. The fourth-order valence-corrected chi connectivity index (χ4v) is 2.73. The Hall–Kier alpha value is -3.85. The zero-order chi connectivity index (χ0) is 19.2. The van der Waals surface area contributed by atoms with E-state index in [1.54, 1.807) is 42.6 Å². The number of nitriles is 1. The number of rotatable bonds is 5. The number of pyridine rings is 1. The summed E-state index contributed by atoms with van der Waals surface area (Å²) in [5.41, 5.74) is 1.86. The van der Waals surface area contributed by atoms with Crippen LogP contribution in [0.25, 0.3) is 17.0 Å². The Morgan fingerprint density at radius 1 is 1.11 bits per heavy atom. The summed E-state index contributed by atoms with van der Waals surface area (Å²) >= 11 is 0. The number of methoxy groups -OCH3 is 2. The molecular weight excluding hydrogens is 342 g/mol. The minimum Gasteiger partial charge on any atom is -0.493 e. The first-order chi connectivity index (χ1) is 13.2. The number of aromatic nitrogens is 1. The molecule has 0 spiro atoms. The van der Waals surface area contributed by atoms with Gasteiger partial charge in [-0.3, -0.25) is 9.78 Å². The van der Waals surface area contributed by atoms with Gasteiger partial charge < -0.3 is 14.8 Å². The van der Waals surface area contributed by atoms with Crippen molar-refractivity contribution >= 4 is 28.6 Å². The fraction of sp³-hybridized carbons (Fsp3) is 0.0952. The third-order valence-electron chi connectivity index (χ3n) is 3.99. The minimum absolute atomic E-state index is 0.0533. The Labute approximate surface area is 156 Å². The van der Waals surface area contributed by atoms with Crippen LogP contribution in [0, 0.1) is 11.3 Å². The summed E-state index contributed by atoms with van der Waals surface area (Å²) in [5.74, 6) is 0.456. The van der Waals surface area contributed by atoms with Crippen molar-refractivity contribution in [1.29, 1.82) is 5.26 Å². The van der Waals surface area contributed by atoms with Gasteiger partial charge in [-0.15, -0.1) is 0 Å². The fourth-order valence-electron chi connectivity index (χ4n) is 2.73. The zero-order valence-electron chi connectivity index (χ0n) is 14.9. The third kappa shape index (κ3) is 3.72. The molecule has 0 atom stereocenters. The highest BCUT2D eigenvalue weighted by Crippen LogP contribution is 2.32. The molecule has 0 bridgehead atoms. The number of nitrogens with one attached hydrogen (secondary N) is 1. The molecule has 1 aromatic heterocycles. The largest absolute Gasteiger partial charge is 0.493 e. The van der Waals surface area contributed by atoms with E-state index >= 15 is 0 Å². The van der Waals surface area contributed by atoms with Gasteiger partial charge in [0.05, 0.1) is 25.4 Å². The molecule has 0 aliphatic rings. The summed E-state index contributed by atoms with van der Waals surface area (Å²) in [5, 5.41) is 13.1. The highest BCUT2D eigenvalue weighted by atomic mass is 16.5. The number of para-hydroxylation sites is 1. The van der Waals surface area contributed by atoms with E-state index in [-0.39, 0.29) is 5.57 Å². The molecule has 134 valence electrons. The maximum absolute atomic E-state index is 12.7. The lowest BCUT2D eigenvalue weighted by Gasteiger charge is -2.11. The molecule has 0 saturated carbocycles. The van der Waals surface area contributed by atoms with E-state index in [4.69, 9.17) is 9.47 Å². The van der Waals surface area contributed by atoms with Crippen LogP contribution >= 0.6 is 0 Å². The van der Waals surface area contributed by atoms with E-state index in [0.717, 1.165) is 10.9 Å². The monoisotopic (exact) mass is 359 g/mol. The maximum atomic E-state index is 12.7. The van der Waals surface area contributed by atoms with Crippen molar-refractivity contribution in [2.75, 3.05) is 19.5 Å². The molecule has 0 aliphatic carbocycles. The van der Waals surface area contributed by atoms with Crippen LogP contribution in [-0.4, -0.2) is 25.1 Å². The summed E-state index contributed by atoms with van der Waals surface area (Å²) in [6, 6.07) is 16.3. The van der Waals surface area contributed by atoms with Crippen LogP contribution in [0.15, 0.2) is 60.3 Å². The van der Waals surface area contributed by atoms with Gasteiger partial charge in [0.25, 0.3) is 5.91 Å². The lowest BCUT2D eigenvalue weighted by atomic mass is 10.1. The molecule has 0 fully saturated rings. The Kier molecular flexibility index (Phi) is 5.33. The minimum atomic E-state index is -0.515. The number of hydrogen-bond donors (Lipinski definition) is 1. The van der Waals surface area contributed by atoms with Crippen molar-refractivity contribution < 1.29 is 14.3 Å². The summed E-state index contributed by atoms with van der Waals surface area (Å²) in [4.78, 5) is 16.9. The van der Waals surface area contributed by atoms with E-state index in [0.29, 0.717) is 22.7 Å². The normalized spacial score (nSPS) is 10.9. The van der Waals surface area contributed by atoms with Crippen molar-refractivity contribution in [3.63, 3.8) is 0 Å². The van der Waals surface area contributed by atoms with E-state index < -0.39 is 5.91 Å². The third-order valence-corrected chi connectivity index (χ3v) is 3.99. The van der Waals surface area contributed by atoms with Gasteiger partial charge in [0, 0.05) is 17.1 Å². The number of carbonyl (C=O) groups is 1. The Balaban J connectivity index is 1.95. The molecule has 1 amide bonds. The summed E-state index contributed by atoms with van der Waals surface area (Å²) in [6.07, 6.45) is 3.16. The number of ether oxygens (including phenoxy) is 2. The van der Waals surface area contributed by atoms with Crippen LogP contribution in [0.2, 0.25) is 0 Å². The SMILES string of the molecule is COc1cccc(/C=C(/C#N)C(=O)Nc2cccc3ncccc23)c1OC. The van der Waals surface area contributed by atoms with E-state index in [1.165, 1.54) is 20.3 Å². The molecule has 3 aromatic rings. The topological polar surface area (TPSA) is 84.2 Å². The molecule has 6 nitrogen and oxygen atoms in total. The molecule has 0 unspecified atom stereocenters. The standard InChI is InChI=1S/C21H17N3O3/c1-26-19-10-3-6-14(20(19)27-2)12-15(13-22)21(25)24-18-9-4-8-17-16(18)7-5-11-23-17/h3-12H,1-2H3,(H,24,25)/b15-12-. The van der Waals surface area contributed by atoms with Crippen molar-refractivity contribution in [3.8, 4) is 17.6 Å². The molecule has 0 aliphatic heterocycles. The van der Waals surface area contributed by atoms with E-state index in [2.05, 4.69) is 10.3 Å². The first-order valence-corrected chi connectivity index (χ1v) is 8.16. The number of anilines is 1. The molecule has 6 heteroatoms. The summed E-state index contributed by atoms with van der Waals surface area (Å²) in [7, 11) is 3.03. The highest BCUT2D eigenvalue weighted by Gasteiger charge is 2.14. The molecule has 27 heavy (non-hydrogen) atoms.